The van der Waals surface area contributed by atoms with E-state index in [1.165, 1.54) is 0 Å². The van der Waals surface area contributed by atoms with Crippen LogP contribution >= 0.6 is 0 Å². The monoisotopic (exact) mass is 287 g/mol. The standard InChI is InChI=1S/C16H17NO4/c18-15(19)8-9-17(11-16(20)21)10-13-6-3-5-12-4-1-2-7-14(12)13/h1-7H,8-11H2,(H,18,19)(H,20,21). The van der Waals surface area contributed by atoms with Gasteiger partial charge in [-0.15, -0.1) is 0 Å². The van der Waals surface area contributed by atoms with Crippen LogP contribution in [0.1, 0.15) is 12.0 Å². The summed E-state index contributed by atoms with van der Waals surface area (Å²) in [6.45, 7) is 0.461. The summed E-state index contributed by atoms with van der Waals surface area (Å²) in [5, 5.41) is 19.9. The van der Waals surface area contributed by atoms with Crippen LogP contribution in [-0.2, 0) is 16.1 Å². The van der Waals surface area contributed by atoms with E-state index in [2.05, 4.69) is 0 Å². The lowest BCUT2D eigenvalue weighted by Crippen LogP contribution is -2.31. The van der Waals surface area contributed by atoms with Gasteiger partial charge in [-0.1, -0.05) is 42.5 Å². The van der Waals surface area contributed by atoms with Gasteiger partial charge in [-0.2, -0.15) is 0 Å². The molecule has 21 heavy (non-hydrogen) atoms. The molecule has 0 saturated carbocycles. The van der Waals surface area contributed by atoms with Gasteiger partial charge in [0.15, 0.2) is 0 Å². The first-order valence-electron chi connectivity index (χ1n) is 6.69. The molecule has 0 amide bonds. The number of benzene rings is 2. The first kappa shape index (κ1) is 15.0. The summed E-state index contributed by atoms with van der Waals surface area (Å²) in [5.74, 6) is -1.89. The minimum Gasteiger partial charge on any atom is -0.481 e. The lowest BCUT2D eigenvalue weighted by Gasteiger charge is -2.20. The molecule has 0 fully saturated rings. The van der Waals surface area contributed by atoms with Crippen molar-refractivity contribution in [2.45, 2.75) is 13.0 Å². The van der Waals surface area contributed by atoms with Crippen molar-refractivity contribution in [2.75, 3.05) is 13.1 Å². The van der Waals surface area contributed by atoms with Gasteiger partial charge in [0.2, 0.25) is 0 Å². The molecule has 2 aromatic rings. The Hall–Kier alpha value is -2.40. The van der Waals surface area contributed by atoms with Gasteiger partial charge in [0.25, 0.3) is 0 Å². The predicted octanol–water partition coefficient (Wildman–Crippen LogP) is 2.20. The average Bonchev–Trinajstić information content (AvgIpc) is 2.44. The molecule has 2 rings (SSSR count). The van der Waals surface area contributed by atoms with Crippen LogP contribution < -0.4 is 0 Å². The number of rotatable bonds is 7. The summed E-state index contributed by atoms with van der Waals surface area (Å²) in [4.78, 5) is 23.2. The van der Waals surface area contributed by atoms with Crippen LogP contribution in [0.3, 0.4) is 0 Å². The maximum Gasteiger partial charge on any atom is 0.317 e. The molecule has 0 bridgehead atoms. The number of fused-ring (bicyclic) bond motifs is 1. The summed E-state index contributed by atoms with van der Waals surface area (Å²) >= 11 is 0. The minimum absolute atomic E-state index is 0.0714. The molecule has 0 saturated heterocycles. The van der Waals surface area contributed by atoms with Gasteiger partial charge in [-0.05, 0) is 16.3 Å². The SMILES string of the molecule is O=C(O)CCN(CC(=O)O)Cc1cccc2ccccc12. The highest BCUT2D eigenvalue weighted by Crippen LogP contribution is 2.20. The van der Waals surface area contributed by atoms with Gasteiger partial charge in [0.05, 0.1) is 13.0 Å². The van der Waals surface area contributed by atoms with Crippen LogP contribution in [0.4, 0.5) is 0 Å². The second-order valence-electron chi connectivity index (χ2n) is 4.89. The molecule has 0 atom stereocenters. The Labute approximate surface area is 122 Å². The maximum atomic E-state index is 10.9. The number of aliphatic carboxylic acids is 2. The molecule has 0 heterocycles. The van der Waals surface area contributed by atoms with Gasteiger partial charge < -0.3 is 10.2 Å². The highest BCUT2D eigenvalue weighted by atomic mass is 16.4. The van der Waals surface area contributed by atoms with Gasteiger partial charge in [0, 0.05) is 13.1 Å². The molecule has 5 heteroatoms. The van der Waals surface area contributed by atoms with Crippen molar-refractivity contribution in [2.24, 2.45) is 0 Å². The van der Waals surface area contributed by atoms with Crippen LogP contribution in [0.15, 0.2) is 42.5 Å². The average molecular weight is 287 g/mol. The van der Waals surface area contributed by atoms with Gasteiger partial charge in [-0.25, -0.2) is 0 Å². The van der Waals surface area contributed by atoms with Crippen molar-refractivity contribution >= 4 is 22.7 Å². The van der Waals surface area contributed by atoms with E-state index in [4.69, 9.17) is 10.2 Å². The molecule has 0 spiro atoms. The number of nitrogens with zero attached hydrogens (tertiary/aromatic N) is 1. The van der Waals surface area contributed by atoms with E-state index < -0.39 is 11.9 Å². The second kappa shape index (κ2) is 6.85. The van der Waals surface area contributed by atoms with E-state index in [1.54, 1.807) is 4.90 Å². The van der Waals surface area contributed by atoms with E-state index in [0.29, 0.717) is 6.54 Å². The molecular weight excluding hydrogens is 270 g/mol. The summed E-state index contributed by atoms with van der Waals surface area (Å²) in [5.41, 5.74) is 1.000. The van der Waals surface area contributed by atoms with Crippen LogP contribution in [0.25, 0.3) is 10.8 Å². The summed E-state index contributed by atoms with van der Waals surface area (Å²) in [6.07, 6.45) is -0.0714. The van der Waals surface area contributed by atoms with Crippen LogP contribution in [0, 0.1) is 0 Å². The molecule has 2 N–H and O–H groups in total. The fourth-order valence-electron chi connectivity index (χ4n) is 2.33. The zero-order valence-electron chi connectivity index (χ0n) is 11.5. The number of carboxylic acid groups (broad SMARTS) is 2. The molecule has 5 nitrogen and oxygen atoms in total. The Morgan fingerprint density at radius 1 is 0.952 bits per heavy atom. The number of hydrogen-bond donors (Lipinski definition) is 2. The smallest absolute Gasteiger partial charge is 0.317 e. The first-order valence-corrected chi connectivity index (χ1v) is 6.69. The molecule has 0 aliphatic rings. The van der Waals surface area contributed by atoms with E-state index >= 15 is 0 Å². The third kappa shape index (κ3) is 4.29. The number of hydrogen-bond acceptors (Lipinski definition) is 3. The van der Waals surface area contributed by atoms with Crippen LogP contribution in [0.2, 0.25) is 0 Å². The predicted molar refractivity (Wildman–Crippen MR) is 79.1 cm³/mol. The maximum absolute atomic E-state index is 10.9. The van der Waals surface area contributed by atoms with E-state index in [0.717, 1.165) is 16.3 Å². The zero-order chi connectivity index (χ0) is 15.2. The fraction of sp³-hybridized carbons (Fsp3) is 0.250. The molecule has 0 unspecified atom stereocenters. The Morgan fingerprint density at radius 2 is 1.67 bits per heavy atom. The lowest BCUT2D eigenvalue weighted by atomic mass is 10.0. The summed E-state index contributed by atoms with van der Waals surface area (Å²) in [7, 11) is 0. The second-order valence-corrected chi connectivity index (χ2v) is 4.89. The largest absolute Gasteiger partial charge is 0.481 e. The molecule has 0 aromatic heterocycles. The Bertz CT molecular complexity index is 648. The van der Waals surface area contributed by atoms with E-state index in [1.807, 2.05) is 42.5 Å². The van der Waals surface area contributed by atoms with E-state index in [9.17, 15) is 9.59 Å². The first-order chi connectivity index (χ1) is 10.1. The zero-order valence-corrected chi connectivity index (χ0v) is 11.5. The molecule has 2 aromatic carbocycles. The van der Waals surface area contributed by atoms with Crippen molar-refractivity contribution in [3.8, 4) is 0 Å². The van der Waals surface area contributed by atoms with Crippen molar-refractivity contribution in [3.05, 3.63) is 48.0 Å². The highest BCUT2D eigenvalue weighted by molar-refractivity contribution is 5.85. The van der Waals surface area contributed by atoms with E-state index in [-0.39, 0.29) is 19.5 Å². The third-order valence-corrected chi connectivity index (χ3v) is 3.27. The third-order valence-electron chi connectivity index (χ3n) is 3.27. The summed E-state index contributed by atoms with van der Waals surface area (Å²) < 4.78 is 0. The molecular formula is C16H17NO4. The normalized spacial score (nSPS) is 10.9. The quantitative estimate of drug-likeness (QED) is 0.816. The van der Waals surface area contributed by atoms with Crippen molar-refractivity contribution in [1.29, 1.82) is 0 Å². The highest BCUT2D eigenvalue weighted by Gasteiger charge is 2.13. The lowest BCUT2D eigenvalue weighted by molar-refractivity contribution is -0.141. The van der Waals surface area contributed by atoms with Crippen molar-refractivity contribution in [3.63, 3.8) is 0 Å². The molecule has 0 radical (unpaired) electrons. The Balaban J connectivity index is 2.21. The van der Waals surface area contributed by atoms with Crippen molar-refractivity contribution in [1.82, 2.24) is 4.90 Å². The summed E-state index contributed by atoms with van der Waals surface area (Å²) in [6, 6.07) is 13.7. The molecule has 110 valence electrons. The molecule has 0 aliphatic heterocycles. The Kier molecular flexibility index (Phi) is 4.90. The number of carbonyl (C=O) groups is 2. The number of carboxylic acids is 2. The van der Waals surface area contributed by atoms with Gasteiger partial charge in [0.1, 0.15) is 0 Å². The van der Waals surface area contributed by atoms with Gasteiger partial charge >= 0.3 is 11.9 Å². The minimum atomic E-state index is -0.958. The topological polar surface area (TPSA) is 77.8 Å². The van der Waals surface area contributed by atoms with Crippen LogP contribution in [0.5, 0.6) is 0 Å². The Morgan fingerprint density at radius 3 is 2.38 bits per heavy atom. The van der Waals surface area contributed by atoms with Crippen LogP contribution in [-0.4, -0.2) is 40.1 Å². The fourth-order valence-corrected chi connectivity index (χ4v) is 2.33. The molecule has 0 aliphatic carbocycles. The van der Waals surface area contributed by atoms with Gasteiger partial charge in [-0.3, -0.25) is 14.5 Å². The van der Waals surface area contributed by atoms with Crippen molar-refractivity contribution < 1.29 is 19.8 Å².